The molecular weight excluding hydrogens is 468 g/mol. The van der Waals surface area contributed by atoms with E-state index in [1.165, 1.54) is 54.3 Å². The van der Waals surface area contributed by atoms with Gasteiger partial charge in [0.2, 0.25) is 0 Å². The molecule has 0 N–H and O–H groups in total. The Kier molecular flexibility index (Phi) is 5.44. The average Bonchev–Trinajstić information content (AvgIpc) is 3.25. The summed E-state index contributed by atoms with van der Waals surface area (Å²) >= 11 is 1.89. The van der Waals surface area contributed by atoms with Crippen LogP contribution in [0.1, 0.15) is 18.9 Å². The van der Waals surface area contributed by atoms with E-state index in [2.05, 4.69) is 121 Å². The van der Waals surface area contributed by atoms with E-state index in [9.17, 15) is 0 Å². The minimum atomic E-state index is 0.958. The van der Waals surface area contributed by atoms with Gasteiger partial charge in [-0.05, 0) is 46.2 Å². The normalized spacial score (nSPS) is 12.0. The highest BCUT2D eigenvalue weighted by Gasteiger charge is 2.28. The first-order valence-electron chi connectivity index (χ1n) is 12.9. The van der Waals surface area contributed by atoms with Crippen molar-refractivity contribution in [2.24, 2.45) is 0 Å². The van der Waals surface area contributed by atoms with E-state index in [-0.39, 0.29) is 0 Å². The van der Waals surface area contributed by atoms with E-state index < -0.39 is 0 Å². The summed E-state index contributed by atoms with van der Waals surface area (Å²) in [4.78, 5) is 7.53. The predicted octanol–water partition coefficient (Wildman–Crippen LogP) is 9.44. The molecular formula is C34H26N2S. The minimum Gasteiger partial charge on any atom is -0.300 e. The summed E-state index contributed by atoms with van der Waals surface area (Å²) in [7, 11) is 0. The Morgan fingerprint density at radius 3 is 2.32 bits per heavy atom. The molecule has 178 valence electrons. The van der Waals surface area contributed by atoms with Gasteiger partial charge in [-0.2, -0.15) is 0 Å². The lowest BCUT2D eigenvalue weighted by atomic mass is 9.93. The number of hydrogen-bond acceptors (Lipinski definition) is 2. The summed E-state index contributed by atoms with van der Waals surface area (Å²) < 4.78 is 2.33. The molecule has 0 bridgehead atoms. The van der Waals surface area contributed by atoms with Crippen LogP contribution in [0, 0.1) is 0 Å². The number of aryl methyl sites for hydroxylation is 1. The van der Waals surface area contributed by atoms with Crippen LogP contribution in [0.2, 0.25) is 0 Å². The molecule has 37 heavy (non-hydrogen) atoms. The third-order valence-corrected chi connectivity index (χ3v) is 8.41. The number of benzene rings is 4. The third kappa shape index (κ3) is 3.70. The van der Waals surface area contributed by atoms with Crippen LogP contribution < -0.4 is 0 Å². The molecule has 2 aromatic heterocycles. The third-order valence-electron chi connectivity index (χ3n) is 7.19. The number of aromatic nitrogens is 2. The van der Waals surface area contributed by atoms with Crippen LogP contribution in [0.25, 0.3) is 50.1 Å². The zero-order chi connectivity index (χ0) is 24.8. The van der Waals surface area contributed by atoms with Crippen molar-refractivity contribution in [3.63, 3.8) is 0 Å². The van der Waals surface area contributed by atoms with Gasteiger partial charge in [-0.1, -0.05) is 116 Å². The molecule has 6 aromatic rings. The van der Waals surface area contributed by atoms with Crippen LogP contribution in [0.15, 0.2) is 125 Å². The molecule has 0 saturated heterocycles. The highest BCUT2D eigenvalue weighted by Crippen LogP contribution is 2.53. The highest BCUT2D eigenvalue weighted by atomic mass is 32.2. The van der Waals surface area contributed by atoms with Gasteiger partial charge in [-0.15, -0.1) is 0 Å². The van der Waals surface area contributed by atoms with E-state index in [4.69, 9.17) is 4.98 Å². The van der Waals surface area contributed by atoms with E-state index in [1.54, 1.807) is 0 Å². The zero-order valence-electron chi connectivity index (χ0n) is 20.7. The van der Waals surface area contributed by atoms with Crippen molar-refractivity contribution in [1.82, 2.24) is 9.55 Å². The fraction of sp³-hybridized carbons (Fsp3) is 0.0882. The van der Waals surface area contributed by atoms with Crippen LogP contribution in [0.3, 0.4) is 0 Å². The second-order valence-electron chi connectivity index (χ2n) is 9.53. The molecule has 2 nitrogen and oxygen atoms in total. The highest BCUT2D eigenvalue weighted by molar-refractivity contribution is 7.99. The van der Waals surface area contributed by atoms with E-state index in [0.29, 0.717) is 0 Å². The van der Waals surface area contributed by atoms with Crippen LogP contribution >= 0.6 is 11.8 Å². The van der Waals surface area contributed by atoms with Crippen molar-refractivity contribution in [2.45, 2.75) is 29.6 Å². The number of fused-ring (bicyclic) bond motifs is 6. The summed E-state index contributed by atoms with van der Waals surface area (Å²) in [5.41, 5.74) is 9.04. The Labute approximate surface area is 221 Å². The SMILES string of the molecule is CCCc1cn(-c2cc3ccccc3cn2)c2c1-c1cccc(-c3ccccc3)c1Sc1ccccc1-2. The van der Waals surface area contributed by atoms with Gasteiger partial charge in [0.1, 0.15) is 5.82 Å². The first-order valence-corrected chi connectivity index (χ1v) is 13.7. The van der Waals surface area contributed by atoms with Gasteiger partial charge < -0.3 is 4.57 Å². The smallest absolute Gasteiger partial charge is 0.137 e. The summed E-state index contributed by atoms with van der Waals surface area (Å²) in [6.45, 7) is 2.26. The largest absolute Gasteiger partial charge is 0.300 e. The first-order chi connectivity index (χ1) is 18.3. The van der Waals surface area contributed by atoms with E-state index >= 15 is 0 Å². The fourth-order valence-corrected chi connectivity index (χ4v) is 6.73. The summed E-state index contributed by atoms with van der Waals surface area (Å²) in [6.07, 6.45) is 6.43. The zero-order valence-corrected chi connectivity index (χ0v) is 21.5. The lowest BCUT2D eigenvalue weighted by Crippen LogP contribution is -1.99. The Hall–Kier alpha value is -4.08. The Morgan fingerprint density at radius 2 is 1.46 bits per heavy atom. The van der Waals surface area contributed by atoms with Gasteiger partial charge in [0.05, 0.1) is 5.69 Å². The lowest BCUT2D eigenvalue weighted by molar-refractivity contribution is 0.915. The van der Waals surface area contributed by atoms with E-state index in [1.807, 2.05) is 18.0 Å². The molecule has 0 aliphatic carbocycles. The average molecular weight is 495 g/mol. The molecule has 7 rings (SSSR count). The minimum absolute atomic E-state index is 0.958. The summed E-state index contributed by atoms with van der Waals surface area (Å²) in [5, 5.41) is 2.36. The molecule has 0 radical (unpaired) electrons. The molecule has 0 unspecified atom stereocenters. The molecule has 1 aliphatic rings. The Bertz CT molecular complexity index is 1760. The lowest BCUT2D eigenvalue weighted by Gasteiger charge is -2.14. The van der Waals surface area contributed by atoms with Gasteiger partial charge in [0, 0.05) is 38.7 Å². The van der Waals surface area contributed by atoms with Gasteiger partial charge in [-0.25, -0.2) is 4.98 Å². The van der Waals surface area contributed by atoms with Crippen molar-refractivity contribution in [2.75, 3.05) is 0 Å². The predicted molar refractivity (Wildman–Crippen MR) is 155 cm³/mol. The molecule has 0 amide bonds. The second-order valence-corrected chi connectivity index (χ2v) is 10.6. The van der Waals surface area contributed by atoms with Crippen LogP contribution in [0.4, 0.5) is 0 Å². The Morgan fingerprint density at radius 1 is 0.730 bits per heavy atom. The molecule has 3 heterocycles. The summed E-state index contributed by atoms with van der Waals surface area (Å²) in [6, 6.07) is 37.0. The second kappa shape index (κ2) is 9.10. The van der Waals surface area contributed by atoms with E-state index in [0.717, 1.165) is 24.0 Å². The van der Waals surface area contributed by atoms with Crippen molar-refractivity contribution < 1.29 is 0 Å². The van der Waals surface area contributed by atoms with Crippen LogP contribution in [0.5, 0.6) is 0 Å². The van der Waals surface area contributed by atoms with Crippen molar-refractivity contribution >= 4 is 22.5 Å². The standard InChI is InChI=1S/C34H26N2S/c1-2-11-26-22-36(31-20-24-14-6-7-15-25(24)21-35-31)33-28-16-8-9-19-30(28)37-34-27(23-12-4-3-5-13-23)17-10-18-29(34)32(26)33/h3-10,12-22H,2,11H2,1H3. The molecule has 0 atom stereocenters. The number of pyridine rings is 1. The van der Waals surface area contributed by atoms with Crippen LogP contribution in [-0.2, 0) is 6.42 Å². The molecule has 0 fully saturated rings. The maximum Gasteiger partial charge on any atom is 0.137 e. The number of nitrogens with zero attached hydrogens (tertiary/aromatic N) is 2. The van der Waals surface area contributed by atoms with Crippen LogP contribution in [-0.4, -0.2) is 9.55 Å². The molecule has 3 heteroatoms. The topological polar surface area (TPSA) is 17.8 Å². The van der Waals surface area contributed by atoms with Gasteiger partial charge in [-0.3, -0.25) is 0 Å². The maximum atomic E-state index is 4.94. The maximum absolute atomic E-state index is 4.94. The van der Waals surface area contributed by atoms with Crippen molar-refractivity contribution in [3.05, 3.63) is 121 Å². The number of rotatable bonds is 4. The molecule has 0 spiro atoms. The quantitative estimate of drug-likeness (QED) is 0.242. The van der Waals surface area contributed by atoms with Crippen molar-refractivity contribution in [3.8, 4) is 39.3 Å². The monoisotopic (exact) mass is 494 g/mol. The molecule has 4 aromatic carbocycles. The number of hydrogen-bond donors (Lipinski definition) is 0. The first kappa shape index (κ1) is 22.1. The van der Waals surface area contributed by atoms with Gasteiger partial charge in [0.15, 0.2) is 0 Å². The van der Waals surface area contributed by atoms with Gasteiger partial charge >= 0.3 is 0 Å². The van der Waals surface area contributed by atoms with Crippen molar-refractivity contribution in [1.29, 1.82) is 0 Å². The Balaban J connectivity index is 1.57. The summed E-state index contributed by atoms with van der Waals surface area (Å²) in [5.74, 6) is 0.958. The fourth-order valence-electron chi connectivity index (χ4n) is 5.52. The molecule has 1 aliphatic heterocycles. The molecule has 0 saturated carbocycles. The van der Waals surface area contributed by atoms with Gasteiger partial charge in [0.25, 0.3) is 0 Å².